The molecule has 0 aliphatic carbocycles. The number of fused-ring (bicyclic) bond motifs is 1. The molecule has 29 heavy (non-hydrogen) atoms. The summed E-state index contributed by atoms with van der Waals surface area (Å²) in [5.41, 5.74) is -0.340. The summed E-state index contributed by atoms with van der Waals surface area (Å²) in [5, 5.41) is 11.1. The van der Waals surface area contributed by atoms with Crippen LogP contribution < -0.4 is 15.2 Å². The van der Waals surface area contributed by atoms with Crippen LogP contribution in [0.25, 0.3) is 0 Å². The zero-order chi connectivity index (χ0) is 21.3. The second-order valence-corrected chi connectivity index (χ2v) is 6.60. The third kappa shape index (κ3) is 3.54. The number of carbonyl (C=O) groups is 2. The van der Waals surface area contributed by atoms with Gasteiger partial charge in [-0.1, -0.05) is 6.08 Å². The molecule has 1 aromatic heterocycles. The first kappa shape index (κ1) is 20.0. The number of benzene rings is 1. The van der Waals surface area contributed by atoms with Gasteiger partial charge >= 0.3 is 11.2 Å². The minimum Gasteiger partial charge on any atom is -0.482 e. The van der Waals surface area contributed by atoms with E-state index in [0.29, 0.717) is 17.1 Å². The van der Waals surface area contributed by atoms with Crippen molar-refractivity contribution in [3.05, 3.63) is 74.7 Å². The van der Waals surface area contributed by atoms with Crippen molar-refractivity contribution >= 4 is 23.1 Å². The largest absolute Gasteiger partial charge is 0.482 e. The highest BCUT2D eigenvalue weighted by Crippen LogP contribution is 2.34. The molecule has 9 nitrogen and oxygen atoms in total. The number of anilines is 1. The van der Waals surface area contributed by atoms with E-state index in [4.69, 9.17) is 4.74 Å². The van der Waals surface area contributed by atoms with E-state index >= 15 is 0 Å². The molecule has 0 radical (unpaired) electrons. The van der Waals surface area contributed by atoms with Crippen LogP contribution in [-0.4, -0.2) is 34.3 Å². The van der Waals surface area contributed by atoms with Crippen molar-refractivity contribution in [2.75, 3.05) is 18.1 Å². The quantitative estimate of drug-likeness (QED) is 0.320. The fraction of sp³-hybridized carbons (Fsp3) is 0.250. The second kappa shape index (κ2) is 7.70. The molecule has 1 atom stereocenters. The lowest BCUT2D eigenvalue weighted by atomic mass is 10.0. The summed E-state index contributed by atoms with van der Waals surface area (Å²) < 4.78 is 6.51. The number of aryl methyl sites for hydroxylation is 1. The van der Waals surface area contributed by atoms with Gasteiger partial charge in [0.1, 0.15) is 5.75 Å². The maximum absolute atomic E-state index is 13.1. The molecule has 0 saturated carbocycles. The van der Waals surface area contributed by atoms with Crippen molar-refractivity contribution < 1.29 is 19.2 Å². The number of hydrogen-bond acceptors (Lipinski definition) is 6. The zero-order valence-corrected chi connectivity index (χ0v) is 16.0. The van der Waals surface area contributed by atoms with Crippen LogP contribution in [-0.2, 0) is 4.79 Å². The number of carbonyl (C=O) groups excluding carboxylic acids is 2. The summed E-state index contributed by atoms with van der Waals surface area (Å²) in [6, 6.07) is 6.22. The lowest BCUT2D eigenvalue weighted by Crippen LogP contribution is -2.39. The third-order valence-corrected chi connectivity index (χ3v) is 4.76. The van der Waals surface area contributed by atoms with Gasteiger partial charge in [-0.05, 0) is 38.1 Å². The Kier molecular flexibility index (Phi) is 5.31. The molecule has 1 aliphatic heterocycles. The van der Waals surface area contributed by atoms with Gasteiger partial charge in [0, 0.05) is 23.9 Å². The number of hydrogen-bond donors (Lipinski definition) is 0. The summed E-state index contributed by atoms with van der Waals surface area (Å²) in [6.07, 6.45) is 1.57. The van der Waals surface area contributed by atoms with Crippen LogP contribution >= 0.6 is 0 Å². The SMILES string of the molecule is C=CCN1C(=O)COc2ccc(C(=O)C(C)n3c(C)ccc([N+](=O)[O-])c3=O)cc21. The number of nitrogens with zero attached hydrogens (tertiary/aromatic N) is 3. The zero-order valence-electron chi connectivity index (χ0n) is 16.0. The van der Waals surface area contributed by atoms with Crippen molar-refractivity contribution in [1.29, 1.82) is 0 Å². The van der Waals surface area contributed by atoms with Gasteiger partial charge in [0.25, 0.3) is 5.91 Å². The summed E-state index contributed by atoms with van der Waals surface area (Å²) in [4.78, 5) is 49.5. The molecular formula is C20H19N3O6. The van der Waals surface area contributed by atoms with Crippen molar-refractivity contribution in [3.8, 4) is 5.75 Å². The van der Waals surface area contributed by atoms with Crippen LogP contribution in [0.5, 0.6) is 5.75 Å². The van der Waals surface area contributed by atoms with Crippen LogP contribution in [0.3, 0.4) is 0 Å². The van der Waals surface area contributed by atoms with Gasteiger partial charge in [-0.3, -0.25) is 29.1 Å². The standard InChI is InChI=1S/C20H19N3O6/c1-4-9-21-16-10-14(6-8-17(16)29-11-18(21)24)19(25)13(3)22-12(2)5-7-15(20(22)26)23(27)28/h4-8,10,13H,1,9,11H2,2-3H3. The van der Waals surface area contributed by atoms with Gasteiger partial charge in [0.15, 0.2) is 12.4 Å². The molecule has 1 aliphatic rings. The molecule has 0 fully saturated rings. The van der Waals surface area contributed by atoms with Crippen LogP contribution in [0.4, 0.5) is 11.4 Å². The summed E-state index contributed by atoms with van der Waals surface area (Å²) in [6.45, 7) is 6.89. The van der Waals surface area contributed by atoms with Crippen LogP contribution in [0.15, 0.2) is 47.8 Å². The fourth-order valence-electron chi connectivity index (χ4n) is 3.30. The molecule has 3 rings (SSSR count). The normalized spacial score (nSPS) is 14.0. The molecule has 1 unspecified atom stereocenters. The molecule has 150 valence electrons. The summed E-state index contributed by atoms with van der Waals surface area (Å²) >= 11 is 0. The molecular weight excluding hydrogens is 378 g/mol. The lowest BCUT2D eigenvalue weighted by molar-refractivity contribution is -0.386. The number of pyridine rings is 1. The van der Waals surface area contributed by atoms with E-state index in [-0.39, 0.29) is 24.6 Å². The van der Waals surface area contributed by atoms with E-state index in [1.54, 1.807) is 19.1 Å². The van der Waals surface area contributed by atoms with Crippen molar-refractivity contribution in [3.63, 3.8) is 0 Å². The third-order valence-electron chi connectivity index (χ3n) is 4.76. The number of amides is 1. The summed E-state index contributed by atoms with van der Waals surface area (Å²) in [5.74, 6) is -0.227. The topological polar surface area (TPSA) is 112 Å². The lowest BCUT2D eigenvalue weighted by Gasteiger charge is -2.29. The predicted molar refractivity (Wildman–Crippen MR) is 106 cm³/mol. The van der Waals surface area contributed by atoms with E-state index < -0.39 is 28.0 Å². The van der Waals surface area contributed by atoms with E-state index in [9.17, 15) is 24.5 Å². The van der Waals surface area contributed by atoms with Gasteiger partial charge in [0.05, 0.1) is 16.7 Å². The van der Waals surface area contributed by atoms with E-state index in [1.165, 1.54) is 30.0 Å². The molecule has 1 aromatic carbocycles. The van der Waals surface area contributed by atoms with Gasteiger partial charge in [-0.15, -0.1) is 6.58 Å². The van der Waals surface area contributed by atoms with Gasteiger partial charge < -0.3 is 9.64 Å². The van der Waals surface area contributed by atoms with Crippen LogP contribution in [0.1, 0.15) is 29.0 Å². The Balaban J connectivity index is 2.03. The molecule has 0 bridgehead atoms. The number of aromatic nitrogens is 1. The second-order valence-electron chi connectivity index (χ2n) is 6.60. The van der Waals surface area contributed by atoms with Crippen LogP contribution in [0, 0.1) is 17.0 Å². The molecule has 2 aromatic rings. The highest BCUT2D eigenvalue weighted by Gasteiger charge is 2.28. The Morgan fingerprint density at radius 1 is 1.34 bits per heavy atom. The Bertz CT molecular complexity index is 1090. The van der Waals surface area contributed by atoms with E-state index in [2.05, 4.69) is 6.58 Å². The van der Waals surface area contributed by atoms with E-state index in [0.717, 1.165) is 10.6 Å². The maximum atomic E-state index is 13.1. The fourth-order valence-corrected chi connectivity index (χ4v) is 3.30. The number of ether oxygens (including phenoxy) is 1. The Labute approximate surface area is 166 Å². The Hall–Kier alpha value is -3.75. The Morgan fingerprint density at radius 2 is 2.07 bits per heavy atom. The van der Waals surface area contributed by atoms with Gasteiger partial charge in [-0.2, -0.15) is 0 Å². The molecule has 2 heterocycles. The highest BCUT2D eigenvalue weighted by atomic mass is 16.6. The first-order valence-electron chi connectivity index (χ1n) is 8.85. The maximum Gasteiger partial charge on any atom is 0.334 e. The minimum absolute atomic E-state index is 0.104. The number of nitro groups is 1. The molecule has 9 heteroatoms. The summed E-state index contributed by atoms with van der Waals surface area (Å²) in [7, 11) is 0. The predicted octanol–water partition coefficient (Wildman–Crippen LogP) is 2.42. The van der Waals surface area contributed by atoms with Crippen molar-refractivity contribution in [2.45, 2.75) is 19.9 Å². The number of rotatable bonds is 6. The minimum atomic E-state index is -0.978. The molecule has 0 spiro atoms. The first-order chi connectivity index (χ1) is 13.8. The average Bonchev–Trinajstić information content (AvgIpc) is 2.69. The monoisotopic (exact) mass is 397 g/mol. The Morgan fingerprint density at radius 3 is 2.72 bits per heavy atom. The molecule has 0 saturated heterocycles. The van der Waals surface area contributed by atoms with Gasteiger partial charge in [-0.25, -0.2) is 0 Å². The molecule has 0 N–H and O–H groups in total. The highest BCUT2D eigenvalue weighted by molar-refractivity contribution is 6.03. The average molecular weight is 397 g/mol. The molecule has 1 amide bonds. The van der Waals surface area contributed by atoms with Gasteiger partial charge in [0.2, 0.25) is 0 Å². The van der Waals surface area contributed by atoms with Crippen molar-refractivity contribution in [1.82, 2.24) is 4.57 Å². The smallest absolute Gasteiger partial charge is 0.334 e. The van der Waals surface area contributed by atoms with Crippen molar-refractivity contribution in [2.24, 2.45) is 0 Å². The van der Waals surface area contributed by atoms with Crippen LogP contribution in [0.2, 0.25) is 0 Å². The number of Topliss-reactive ketones (excluding diaryl/α,β-unsaturated/α-hetero) is 1. The van der Waals surface area contributed by atoms with E-state index in [1.807, 2.05) is 0 Å². The first-order valence-corrected chi connectivity index (χ1v) is 8.85. The number of ketones is 1.